The average molecular weight is 584 g/mol. The van der Waals surface area contributed by atoms with Crippen molar-refractivity contribution in [2.24, 2.45) is 0 Å². The van der Waals surface area contributed by atoms with Crippen LogP contribution < -0.4 is 0 Å². The van der Waals surface area contributed by atoms with E-state index < -0.39 is 0 Å². The van der Waals surface area contributed by atoms with Crippen molar-refractivity contribution in [3.63, 3.8) is 0 Å². The van der Waals surface area contributed by atoms with Crippen LogP contribution in [-0.4, -0.2) is 9.13 Å². The molecule has 6 aromatic rings. The van der Waals surface area contributed by atoms with Gasteiger partial charge < -0.3 is 9.13 Å². The van der Waals surface area contributed by atoms with E-state index >= 15 is 0 Å². The second kappa shape index (κ2) is 9.52. The maximum atomic E-state index is 3.61. The van der Waals surface area contributed by atoms with Crippen molar-refractivity contribution in [3.05, 3.63) is 141 Å². The molecule has 0 aliphatic rings. The molecule has 0 unspecified atom stereocenters. The van der Waals surface area contributed by atoms with E-state index in [1.54, 1.807) is 0 Å². The van der Waals surface area contributed by atoms with Gasteiger partial charge in [-0.25, -0.2) is 0 Å². The van der Waals surface area contributed by atoms with E-state index in [4.69, 9.17) is 0 Å². The number of nitrogens with zero attached hydrogens (tertiary/aromatic N) is 2. The Labute approximate surface area is 222 Å². The third-order valence-corrected chi connectivity index (χ3v) is 7.59. The van der Waals surface area contributed by atoms with Crippen LogP contribution in [0.1, 0.15) is 22.3 Å². The quantitative estimate of drug-likeness (QED) is 0.185. The first-order chi connectivity index (χ1) is 17.1. The van der Waals surface area contributed by atoms with E-state index in [9.17, 15) is 0 Å². The largest absolute Gasteiger partial charge is 0.343 e. The van der Waals surface area contributed by atoms with Crippen LogP contribution in [0.5, 0.6) is 0 Å². The lowest BCUT2D eigenvalue weighted by atomic mass is 10.0. The minimum atomic E-state index is 0.852. The molecule has 172 valence electrons. The van der Waals surface area contributed by atoms with E-state index in [-0.39, 0.29) is 0 Å². The lowest BCUT2D eigenvalue weighted by Gasteiger charge is -2.06. The van der Waals surface area contributed by atoms with Crippen molar-refractivity contribution in [2.45, 2.75) is 19.5 Å². The summed E-state index contributed by atoms with van der Waals surface area (Å²) in [4.78, 5) is 0. The zero-order chi connectivity index (χ0) is 23.8. The number of hydrogen-bond donors (Lipinski definition) is 0. The highest BCUT2D eigenvalue weighted by Crippen LogP contribution is 2.30. The smallest absolute Gasteiger partial charge is 0.0486 e. The predicted octanol–water partition coefficient (Wildman–Crippen LogP) is 8.81. The molecular formula is C31H24Br2N2. The Kier molecular flexibility index (Phi) is 6.09. The summed E-state index contributed by atoms with van der Waals surface area (Å²) in [6.07, 6.45) is 5.58. The van der Waals surface area contributed by atoms with E-state index in [1.807, 2.05) is 0 Å². The molecule has 2 aromatic heterocycles. The fourth-order valence-corrected chi connectivity index (χ4v) is 5.95. The molecule has 0 aliphatic carbocycles. The van der Waals surface area contributed by atoms with Gasteiger partial charge in [0, 0.05) is 62.7 Å². The molecule has 0 atom stereocenters. The van der Waals surface area contributed by atoms with Crippen molar-refractivity contribution in [1.29, 1.82) is 0 Å². The van der Waals surface area contributed by atoms with Gasteiger partial charge in [0.2, 0.25) is 0 Å². The molecular weight excluding hydrogens is 560 g/mol. The van der Waals surface area contributed by atoms with Crippen LogP contribution in [0.4, 0.5) is 0 Å². The van der Waals surface area contributed by atoms with Gasteiger partial charge >= 0.3 is 0 Å². The summed E-state index contributed by atoms with van der Waals surface area (Å²) in [6.45, 7) is 1.70. The Hall–Kier alpha value is -3.08. The molecule has 4 aromatic carbocycles. The highest BCUT2D eigenvalue weighted by atomic mass is 79.9. The van der Waals surface area contributed by atoms with Crippen LogP contribution in [0.25, 0.3) is 21.8 Å². The van der Waals surface area contributed by atoms with Gasteiger partial charge in [0.05, 0.1) is 0 Å². The summed E-state index contributed by atoms with van der Waals surface area (Å²) in [5.74, 6) is 0. The predicted molar refractivity (Wildman–Crippen MR) is 153 cm³/mol. The number of aromatic nitrogens is 2. The second-order valence-corrected chi connectivity index (χ2v) is 10.9. The number of hydrogen-bond acceptors (Lipinski definition) is 0. The maximum absolute atomic E-state index is 3.61. The maximum Gasteiger partial charge on any atom is 0.0486 e. The first-order valence-electron chi connectivity index (χ1n) is 11.8. The third-order valence-electron chi connectivity index (χ3n) is 6.61. The highest BCUT2D eigenvalue weighted by molar-refractivity contribution is 9.10. The topological polar surface area (TPSA) is 9.86 Å². The Balaban J connectivity index is 1.39. The van der Waals surface area contributed by atoms with Gasteiger partial charge in [-0.2, -0.15) is 0 Å². The van der Waals surface area contributed by atoms with Crippen LogP contribution >= 0.6 is 31.9 Å². The Morgan fingerprint density at radius 2 is 0.971 bits per heavy atom. The fraction of sp³-hybridized carbons (Fsp3) is 0.0968. The zero-order valence-corrected chi connectivity index (χ0v) is 22.3. The van der Waals surface area contributed by atoms with Gasteiger partial charge in [-0.1, -0.05) is 92.5 Å². The molecule has 0 amide bonds. The average Bonchev–Trinajstić information content (AvgIpc) is 3.38. The van der Waals surface area contributed by atoms with Gasteiger partial charge in [-0.15, -0.1) is 0 Å². The first kappa shape index (κ1) is 22.4. The zero-order valence-electron chi connectivity index (χ0n) is 19.2. The molecule has 0 spiro atoms. The second-order valence-electron chi connectivity index (χ2n) is 9.04. The molecule has 0 N–H and O–H groups in total. The minimum absolute atomic E-state index is 0.852. The molecule has 0 radical (unpaired) electrons. The van der Waals surface area contributed by atoms with Crippen LogP contribution in [0.3, 0.4) is 0 Å². The number of rotatable bonds is 6. The number of para-hydroxylation sites is 2. The molecule has 0 saturated carbocycles. The molecule has 2 heterocycles. The third kappa shape index (κ3) is 4.61. The van der Waals surface area contributed by atoms with Crippen molar-refractivity contribution < 1.29 is 0 Å². The van der Waals surface area contributed by atoms with Crippen LogP contribution in [0.2, 0.25) is 0 Å². The normalized spacial score (nSPS) is 11.5. The van der Waals surface area contributed by atoms with Gasteiger partial charge in [0.15, 0.2) is 0 Å². The summed E-state index contributed by atoms with van der Waals surface area (Å²) in [7, 11) is 0. The molecule has 35 heavy (non-hydrogen) atoms. The minimum Gasteiger partial charge on any atom is -0.343 e. The lowest BCUT2D eigenvalue weighted by molar-refractivity contribution is 0.826. The van der Waals surface area contributed by atoms with Gasteiger partial charge in [0.1, 0.15) is 0 Å². The van der Waals surface area contributed by atoms with Gasteiger partial charge in [0.25, 0.3) is 0 Å². The van der Waals surface area contributed by atoms with E-state index in [1.165, 1.54) is 44.1 Å². The van der Waals surface area contributed by atoms with Crippen LogP contribution in [0.15, 0.2) is 118 Å². The summed E-state index contributed by atoms with van der Waals surface area (Å²) in [5, 5.41) is 2.65. The van der Waals surface area contributed by atoms with Crippen molar-refractivity contribution in [1.82, 2.24) is 9.13 Å². The lowest BCUT2D eigenvalue weighted by Crippen LogP contribution is -1.98. The standard InChI is InChI=1S/C31H24Br2N2/c32-26-9-5-7-22(15-26)18-34-20-24(28-11-1-3-13-30(28)34)17-25-21-35(31-14-4-2-12-29(25)31)19-23-8-6-10-27(33)16-23/h1-16,20-21H,17-19H2. The SMILES string of the molecule is Brc1cccc(Cn2cc(Cc3cn(Cc4cccc(Br)c4)c4ccccc34)c3ccccc32)c1. The summed E-state index contributed by atoms with van der Waals surface area (Å²) < 4.78 is 7.00. The number of fused-ring (bicyclic) bond motifs is 2. The number of halogens is 2. The highest BCUT2D eigenvalue weighted by Gasteiger charge is 2.14. The van der Waals surface area contributed by atoms with Gasteiger partial charge in [-0.3, -0.25) is 0 Å². The van der Waals surface area contributed by atoms with E-state index in [0.29, 0.717) is 0 Å². The van der Waals surface area contributed by atoms with Crippen molar-refractivity contribution in [3.8, 4) is 0 Å². The Morgan fingerprint density at radius 1 is 0.514 bits per heavy atom. The first-order valence-corrected chi connectivity index (χ1v) is 13.3. The van der Waals surface area contributed by atoms with E-state index in [2.05, 4.69) is 150 Å². The van der Waals surface area contributed by atoms with Crippen molar-refractivity contribution in [2.75, 3.05) is 0 Å². The molecule has 0 aliphatic heterocycles. The molecule has 6 rings (SSSR count). The van der Waals surface area contributed by atoms with E-state index in [0.717, 1.165) is 28.5 Å². The fourth-order valence-electron chi connectivity index (χ4n) is 5.06. The number of benzene rings is 4. The Bertz CT molecular complexity index is 1530. The summed E-state index contributed by atoms with van der Waals surface area (Å²) in [5.41, 5.74) is 7.86. The monoisotopic (exact) mass is 582 g/mol. The van der Waals surface area contributed by atoms with Crippen molar-refractivity contribution >= 4 is 53.7 Å². The molecule has 4 heteroatoms. The molecule has 0 saturated heterocycles. The Morgan fingerprint density at radius 3 is 1.43 bits per heavy atom. The summed E-state index contributed by atoms with van der Waals surface area (Å²) in [6, 6.07) is 34.7. The van der Waals surface area contributed by atoms with Crippen LogP contribution in [-0.2, 0) is 19.5 Å². The summed E-state index contributed by atoms with van der Waals surface area (Å²) >= 11 is 7.23. The molecule has 2 nitrogen and oxygen atoms in total. The van der Waals surface area contributed by atoms with Crippen LogP contribution in [0, 0.1) is 0 Å². The molecule has 0 bridgehead atoms. The molecule has 0 fully saturated rings. The van der Waals surface area contributed by atoms with Gasteiger partial charge in [-0.05, 0) is 58.7 Å².